The van der Waals surface area contributed by atoms with E-state index in [1.165, 1.54) is 48.0 Å². The molecule has 0 spiro atoms. The number of benzene rings is 7. The summed E-state index contributed by atoms with van der Waals surface area (Å²) in [6.45, 7) is 0. The van der Waals surface area contributed by atoms with Crippen LogP contribution >= 0.6 is 11.3 Å². The molecule has 3 heterocycles. The van der Waals surface area contributed by atoms with Crippen molar-refractivity contribution in [3.05, 3.63) is 164 Å². The number of hydrogen-bond donors (Lipinski definition) is 0. The van der Waals surface area contributed by atoms with Crippen LogP contribution in [0.5, 0.6) is 0 Å². The zero-order valence-corrected chi connectivity index (χ0v) is 26.2. The minimum absolute atomic E-state index is 0.897. The van der Waals surface area contributed by atoms with Crippen LogP contribution in [0, 0.1) is 0 Å². The molecular formula is C44H27NOS. The third-order valence-corrected chi connectivity index (χ3v) is 10.7. The molecule has 0 N–H and O–H groups in total. The van der Waals surface area contributed by atoms with E-state index in [1.54, 1.807) is 0 Å². The Hall–Kier alpha value is -5.90. The van der Waals surface area contributed by atoms with E-state index >= 15 is 0 Å². The van der Waals surface area contributed by atoms with E-state index in [0.29, 0.717) is 0 Å². The summed E-state index contributed by atoms with van der Waals surface area (Å²) in [6.07, 6.45) is 0. The van der Waals surface area contributed by atoms with Gasteiger partial charge in [-0.1, -0.05) is 121 Å². The molecule has 3 heteroatoms. The minimum atomic E-state index is 0.897. The van der Waals surface area contributed by atoms with Gasteiger partial charge in [-0.2, -0.15) is 0 Å². The van der Waals surface area contributed by atoms with E-state index < -0.39 is 0 Å². The van der Waals surface area contributed by atoms with Gasteiger partial charge >= 0.3 is 0 Å². The van der Waals surface area contributed by atoms with Gasteiger partial charge in [0.15, 0.2) is 5.58 Å². The molecule has 2 nitrogen and oxygen atoms in total. The maximum absolute atomic E-state index is 6.66. The lowest BCUT2D eigenvalue weighted by molar-refractivity contribution is 0.673. The molecule has 0 saturated heterocycles. The van der Waals surface area contributed by atoms with Crippen molar-refractivity contribution >= 4 is 64.5 Å². The number of rotatable bonds is 4. The highest BCUT2D eigenvalue weighted by Gasteiger charge is 2.20. The van der Waals surface area contributed by atoms with Crippen molar-refractivity contribution in [3.8, 4) is 39.1 Å². The molecule has 47 heavy (non-hydrogen) atoms. The van der Waals surface area contributed by atoms with Gasteiger partial charge in [-0.3, -0.25) is 0 Å². The summed E-state index contributed by atoms with van der Waals surface area (Å²) in [7, 11) is 0. The van der Waals surface area contributed by atoms with Crippen molar-refractivity contribution < 1.29 is 4.42 Å². The molecule has 0 fully saturated rings. The zero-order chi connectivity index (χ0) is 30.9. The Balaban J connectivity index is 1.12. The molecule has 0 radical (unpaired) electrons. The summed E-state index contributed by atoms with van der Waals surface area (Å²) in [6, 6.07) is 58.7. The number of hydrogen-bond acceptors (Lipinski definition) is 2. The lowest BCUT2D eigenvalue weighted by Crippen LogP contribution is -1.92. The molecule has 0 amide bonds. The highest BCUT2D eigenvalue weighted by atomic mass is 32.1. The van der Waals surface area contributed by atoms with Crippen molar-refractivity contribution in [2.75, 3.05) is 0 Å². The fraction of sp³-hybridized carbons (Fsp3) is 0. The number of nitrogens with zero attached hydrogens (tertiary/aromatic N) is 1. The first-order valence-electron chi connectivity index (χ1n) is 15.9. The van der Waals surface area contributed by atoms with E-state index in [2.05, 4.69) is 168 Å². The third kappa shape index (κ3) is 4.04. The monoisotopic (exact) mass is 617 g/mol. The SMILES string of the molecule is c1ccc(-c2cccc3c2sc2c(-c4cccc(-c5ccc6c(c5)oc5c7ccccc7n(-c7ccccc7)c65)c4)cccc23)cc1. The van der Waals surface area contributed by atoms with Gasteiger partial charge in [0.2, 0.25) is 0 Å². The standard InChI is InChI=1S/C44H27NOS/c1-3-12-28(13-4-1)33-19-10-21-35-36-22-11-20-34(44(36)47-43(33)35)31-15-9-14-29(26-31)30-24-25-38-40(27-30)46-42-37-18-7-8-23-39(37)45(41(38)42)32-16-5-2-6-17-32/h1-27H. The molecule has 0 aliphatic heterocycles. The number of aromatic nitrogens is 1. The van der Waals surface area contributed by atoms with Crippen molar-refractivity contribution in [1.29, 1.82) is 0 Å². The molecule has 10 aromatic rings. The third-order valence-electron chi connectivity index (χ3n) is 9.41. The Bertz CT molecular complexity index is 2780. The van der Waals surface area contributed by atoms with Gasteiger partial charge in [0.05, 0.1) is 5.52 Å². The van der Waals surface area contributed by atoms with Crippen molar-refractivity contribution in [2.45, 2.75) is 0 Å². The average Bonchev–Trinajstić information content (AvgIpc) is 3.81. The van der Waals surface area contributed by atoms with Gasteiger partial charge in [-0.15, -0.1) is 11.3 Å². The summed E-state index contributed by atoms with van der Waals surface area (Å²) in [4.78, 5) is 0. The van der Waals surface area contributed by atoms with Gasteiger partial charge in [0.1, 0.15) is 11.1 Å². The first kappa shape index (κ1) is 26.3. The number of thiophene rings is 1. The van der Waals surface area contributed by atoms with Crippen molar-refractivity contribution in [1.82, 2.24) is 4.57 Å². The molecule has 0 atom stereocenters. The van der Waals surface area contributed by atoms with E-state index in [4.69, 9.17) is 4.42 Å². The van der Waals surface area contributed by atoms with Crippen LogP contribution in [-0.4, -0.2) is 4.57 Å². The van der Waals surface area contributed by atoms with Gasteiger partial charge in [0, 0.05) is 36.6 Å². The molecule has 220 valence electrons. The van der Waals surface area contributed by atoms with Crippen LogP contribution in [0.3, 0.4) is 0 Å². The molecule has 0 aliphatic rings. The summed E-state index contributed by atoms with van der Waals surface area (Å²) in [5.74, 6) is 0. The minimum Gasteiger partial charge on any atom is -0.454 e. The topological polar surface area (TPSA) is 18.1 Å². The van der Waals surface area contributed by atoms with Crippen LogP contribution < -0.4 is 0 Å². The number of furan rings is 1. The molecule has 0 bridgehead atoms. The Kier molecular flexibility index (Phi) is 5.78. The quantitative estimate of drug-likeness (QED) is 0.192. The molecule has 3 aromatic heterocycles. The van der Waals surface area contributed by atoms with E-state index in [0.717, 1.165) is 44.2 Å². The molecular weight excluding hydrogens is 591 g/mol. The van der Waals surface area contributed by atoms with Crippen molar-refractivity contribution in [3.63, 3.8) is 0 Å². The smallest absolute Gasteiger partial charge is 0.161 e. The van der Waals surface area contributed by atoms with Crippen LogP contribution in [0.2, 0.25) is 0 Å². The second-order valence-electron chi connectivity index (χ2n) is 12.1. The Morgan fingerprint density at radius 1 is 0.426 bits per heavy atom. The van der Waals surface area contributed by atoms with Gasteiger partial charge in [-0.25, -0.2) is 0 Å². The highest BCUT2D eigenvalue weighted by molar-refractivity contribution is 7.26. The molecule has 10 rings (SSSR count). The second-order valence-corrected chi connectivity index (χ2v) is 13.1. The van der Waals surface area contributed by atoms with Gasteiger partial charge in [-0.05, 0) is 75.8 Å². The van der Waals surface area contributed by atoms with Gasteiger partial charge in [0.25, 0.3) is 0 Å². The average molecular weight is 618 g/mol. The van der Waals surface area contributed by atoms with E-state index in [1.807, 2.05) is 11.3 Å². The molecule has 7 aromatic carbocycles. The Labute approximate surface area is 275 Å². The first-order chi connectivity index (χ1) is 23.3. The predicted octanol–water partition coefficient (Wildman–Crippen LogP) is 12.9. The summed E-state index contributed by atoms with van der Waals surface area (Å²) in [5.41, 5.74) is 12.5. The molecule has 0 saturated carbocycles. The Morgan fingerprint density at radius 2 is 1.02 bits per heavy atom. The summed E-state index contributed by atoms with van der Waals surface area (Å²) >= 11 is 1.89. The zero-order valence-electron chi connectivity index (χ0n) is 25.4. The van der Waals surface area contributed by atoms with Crippen LogP contribution in [0.15, 0.2) is 168 Å². The lowest BCUT2D eigenvalue weighted by Gasteiger charge is -2.09. The van der Waals surface area contributed by atoms with E-state index in [9.17, 15) is 0 Å². The maximum Gasteiger partial charge on any atom is 0.161 e. The molecule has 0 unspecified atom stereocenters. The van der Waals surface area contributed by atoms with Crippen molar-refractivity contribution in [2.24, 2.45) is 0 Å². The van der Waals surface area contributed by atoms with Crippen LogP contribution in [0.25, 0.3) is 92.2 Å². The predicted molar refractivity (Wildman–Crippen MR) is 200 cm³/mol. The maximum atomic E-state index is 6.66. The molecule has 0 aliphatic carbocycles. The fourth-order valence-electron chi connectivity index (χ4n) is 7.25. The lowest BCUT2D eigenvalue weighted by atomic mass is 9.97. The highest BCUT2D eigenvalue weighted by Crippen LogP contribution is 2.45. The van der Waals surface area contributed by atoms with Crippen LogP contribution in [0.4, 0.5) is 0 Å². The van der Waals surface area contributed by atoms with Crippen LogP contribution in [0.1, 0.15) is 0 Å². The first-order valence-corrected chi connectivity index (χ1v) is 16.7. The van der Waals surface area contributed by atoms with Crippen LogP contribution in [-0.2, 0) is 0 Å². The second kappa shape index (κ2) is 10.3. The fourth-order valence-corrected chi connectivity index (χ4v) is 8.62. The van der Waals surface area contributed by atoms with E-state index in [-0.39, 0.29) is 0 Å². The normalized spacial score (nSPS) is 11.8. The summed E-state index contributed by atoms with van der Waals surface area (Å²) in [5, 5.41) is 4.86. The number of fused-ring (bicyclic) bond motifs is 8. The van der Waals surface area contributed by atoms with Gasteiger partial charge < -0.3 is 8.98 Å². The largest absolute Gasteiger partial charge is 0.454 e. The summed E-state index contributed by atoms with van der Waals surface area (Å²) < 4.78 is 11.6. The number of para-hydroxylation sites is 2. The Morgan fingerprint density at radius 3 is 1.81 bits per heavy atom.